The molecule has 0 saturated carbocycles. The Labute approximate surface area is 172 Å². The van der Waals surface area contributed by atoms with Crippen molar-refractivity contribution in [2.75, 3.05) is 7.11 Å². The third-order valence-electron chi connectivity index (χ3n) is 4.92. The van der Waals surface area contributed by atoms with E-state index in [0.29, 0.717) is 0 Å². The number of rotatable bonds is 7. The lowest BCUT2D eigenvalue weighted by molar-refractivity contribution is -0.135. The molecule has 0 aliphatic rings. The lowest BCUT2D eigenvalue weighted by Gasteiger charge is -2.31. The van der Waals surface area contributed by atoms with Gasteiger partial charge in [-0.25, -0.2) is 4.98 Å². The summed E-state index contributed by atoms with van der Waals surface area (Å²) in [5.74, 6) is 1.68. The van der Waals surface area contributed by atoms with E-state index in [2.05, 4.69) is 27.7 Å². The summed E-state index contributed by atoms with van der Waals surface area (Å²) in [4.78, 5) is 19.7. The van der Waals surface area contributed by atoms with Crippen LogP contribution in [0.1, 0.15) is 39.1 Å². The van der Waals surface area contributed by atoms with Gasteiger partial charge in [0.05, 0.1) is 18.1 Å². The average molecular weight is 392 g/mol. The molecule has 0 aliphatic carbocycles. The van der Waals surface area contributed by atoms with Crippen LogP contribution in [0.5, 0.6) is 5.75 Å². The molecule has 0 saturated heterocycles. The largest absolute Gasteiger partial charge is 0.497 e. The van der Waals surface area contributed by atoms with Crippen molar-refractivity contribution in [2.24, 2.45) is 0 Å². The van der Waals surface area contributed by atoms with E-state index in [-0.39, 0.29) is 24.5 Å². The lowest BCUT2D eigenvalue weighted by Crippen LogP contribution is -2.43. The van der Waals surface area contributed by atoms with Gasteiger partial charge in [0, 0.05) is 12.1 Å². The Morgan fingerprint density at radius 1 is 1.03 bits per heavy atom. The highest BCUT2D eigenvalue weighted by molar-refractivity contribution is 5.84. The van der Waals surface area contributed by atoms with Crippen LogP contribution in [0.25, 0.3) is 23.2 Å². The minimum Gasteiger partial charge on any atom is -0.497 e. The summed E-state index contributed by atoms with van der Waals surface area (Å²) in [5.41, 5.74) is 2.89. The number of carbonyl (C=O) groups is 1. The molecular formula is C24H29N3O2. The van der Waals surface area contributed by atoms with E-state index < -0.39 is 0 Å². The SMILES string of the molecule is COc1ccc(/C=C/c2nc3ccccc3n2CC(=O)N(C(C)C)C(C)C)cc1. The molecule has 0 aliphatic heterocycles. The van der Waals surface area contributed by atoms with Gasteiger partial charge in [0.2, 0.25) is 5.91 Å². The van der Waals surface area contributed by atoms with E-state index in [1.165, 1.54) is 0 Å². The summed E-state index contributed by atoms with van der Waals surface area (Å²) in [6.45, 7) is 8.46. The second kappa shape index (κ2) is 8.95. The Morgan fingerprint density at radius 3 is 2.31 bits per heavy atom. The first-order valence-electron chi connectivity index (χ1n) is 9.99. The number of para-hydroxylation sites is 2. The Balaban J connectivity index is 1.95. The second-order valence-electron chi connectivity index (χ2n) is 7.64. The van der Waals surface area contributed by atoms with Crippen LogP contribution in [-0.2, 0) is 11.3 Å². The minimum absolute atomic E-state index is 0.0947. The number of aromatic nitrogens is 2. The van der Waals surface area contributed by atoms with Gasteiger partial charge in [-0.3, -0.25) is 4.79 Å². The highest BCUT2D eigenvalue weighted by atomic mass is 16.5. The van der Waals surface area contributed by atoms with Crippen molar-refractivity contribution in [3.05, 3.63) is 59.9 Å². The molecule has 3 aromatic rings. The standard InChI is InChI=1S/C24H29N3O2/c1-17(2)27(18(3)4)24(28)16-26-22-9-7-6-8-21(22)25-23(26)15-12-19-10-13-20(29-5)14-11-19/h6-15,17-18H,16H2,1-5H3/b15-12+. The molecular weight excluding hydrogens is 362 g/mol. The molecule has 1 aromatic heterocycles. The summed E-state index contributed by atoms with van der Waals surface area (Å²) < 4.78 is 7.21. The zero-order chi connectivity index (χ0) is 21.0. The summed E-state index contributed by atoms with van der Waals surface area (Å²) in [7, 11) is 1.65. The number of benzene rings is 2. The first-order valence-corrected chi connectivity index (χ1v) is 9.99. The average Bonchev–Trinajstić information content (AvgIpc) is 3.03. The molecule has 5 nitrogen and oxygen atoms in total. The summed E-state index contributed by atoms with van der Waals surface area (Å²) in [6.07, 6.45) is 3.97. The predicted octanol–water partition coefficient (Wildman–Crippen LogP) is 4.86. The molecule has 0 radical (unpaired) electrons. The smallest absolute Gasteiger partial charge is 0.243 e. The van der Waals surface area contributed by atoms with Crippen LogP contribution in [0.3, 0.4) is 0 Å². The number of methoxy groups -OCH3 is 1. The molecule has 0 bridgehead atoms. The maximum atomic E-state index is 13.1. The van der Waals surface area contributed by atoms with Gasteiger partial charge in [-0.15, -0.1) is 0 Å². The van der Waals surface area contributed by atoms with Crippen LogP contribution in [0.15, 0.2) is 48.5 Å². The fourth-order valence-corrected chi connectivity index (χ4v) is 3.66. The number of nitrogens with zero attached hydrogens (tertiary/aromatic N) is 3. The highest BCUT2D eigenvalue weighted by Crippen LogP contribution is 2.20. The van der Waals surface area contributed by atoms with Crippen LogP contribution in [0.4, 0.5) is 0 Å². The van der Waals surface area contributed by atoms with Gasteiger partial charge in [0.15, 0.2) is 0 Å². The second-order valence-corrected chi connectivity index (χ2v) is 7.64. The van der Waals surface area contributed by atoms with E-state index in [1.54, 1.807) is 7.11 Å². The normalized spacial score (nSPS) is 11.7. The van der Waals surface area contributed by atoms with Gasteiger partial charge in [-0.2, -0.15) is 0 Å². The number of carbonyl (C=O) groups excluding carboxylic acids is 1. The van der Waals surface area contributed by atoms with Gasteiger partial charge in [-0.1, -0.05) is 30.3 Å². The van der Waals surface area contributed by atoms with Crippen LogP contribution in [0.2, 0.25) is 0 Å². The van der Waals surface area contributed by atoms with Crippen LogP contribution in [0, 0.1) is 0 Å². The number of amides is 1. The van der Waals surface area contributed by atoms with Crippen molar-refractivity contribution < 1.29 is 9.53 Å². The van der Waals surface area contributed by atoms with E-state index in [4.69, 9.17) is 9.72 Å². The number of hydrogen-bond donors (Lipinski definition) is 0. The molecule has 152 valence electrons. The monoisotopic (exact) mass is 391 g/mol. The maximum absolute atomic E-state index is 13.1. The van der Waals surface area contributed by atoms with Crippen LogP contribution in [-0.4, -0.2) is 39.6 Å². The van der Waals surface area contributed by atoms with Gasteiger partial charge >= 0.3 is 0 Å². The fraction of sp³-hybridized carbons (Fsp3) is 0.333. The highest BCUT2D eigenvalue weighted by Gasteiger charge is 2.22. The van der Waals surface area contributed by atoms with E-state index in [9.17, 15) is 4.79 Å². The zero-order valence-corrected chi connectivity index (χ0v) is 17.8. The molecule has 0 unspecified atom stereocenters. The van der Waals surface area contributed by atoms with Crippen molar-refractivity contribution in [3.63, 3.8) is 0 Å². The Morgan fingerprint density at radius 2 is 1.69 bits per heavy atom. The summed E-state index contributed by atoms with van der Waals surface area (Å²) in [6, 6.07) is 16.1. The maximum Gasteiger partial charge on any atom is 0.243 e. The minimum atomic E-state index is 0.0947. The van der Waals surface area contributed by atoms with Gasteiger partial charge in [0.1, 0.15) is 18.1 Å². The first kappa shape index (κ1) is 20.6. The van der Waals surface area contributed by atoms with E-state index in [1.807, 2.05) is 70.1 Å². The van der Waals surface area contributed by atoms with Gasteiger partial charge in [-0.05, 0) is 63.6 Å². The van der Waals surface area contributed by atoms with Crippen molar-refractivity contribution in [1.82, 2.24) is 14.5 Å². The molecule has 0 atom stereocenters. The van der Waals surface area contributed by atoms with E-state index >= 15 is 0 Å². The van der Waals surface area contributed by atoms with Crippen LogP contribution < -0.4 is 4.74 Å². The molecule has 2 aromatic carbocycles. The molecule has 1 amide bonds. The number of imidazole rings is 1. The zero-order valence-electron chi connectivity index (χ0n) is 17.8. The van der Waals surface area contributed by atoms with E-state index in [0.717, 1.165) is 28.2 Å². The molecule has 5 heteroatoms. The van der Waals surface area contributed by atoms with Gasteiger partial charge in [0.25, 0.3) is 0 Å². The molecule has 3 rings (SSSR count). The van der Waals surface area contributed by atoms with Gasteiger partial charge < -0.3 is 14.2 Å². The number of hydrogen-bond acceptors (Lipinski definition) is 3. The Bertz CT molecular complexity index is 993. The molecule has 0 N–H and O–H groups in total. The molecule has 0 spiro atoms. The number of ether oxygens (including phenoxy) is 1. The third-order valence-corrected chi connectivity index (χ3v) is 4.92. The van der Waals surface area contributed by atoms with Crippen molar-refractivity contribution in [3.8, 4) is 5.75 Å². The summed E-state index contributed by atoms with van der Waals surface area (Å²) >= 11 is 0. The molecule has 29 heavy (non-hydrogen) atoms. The quantitative estimate of drug-likeness (QED) is 0.578. The van der Waals surface area contributed by atoms with Crippen LogP contribution >= 0.6 is 0 Å². The lowest BCUT2D eigenvalue weighted by atomic mass is 10.2. The predicted molar refractivity (Wildman–Crippen MR) is 119 cm³/mol. The first-order chi connectivity index (χ1) is 13.9. The third kappa shape index (κ3) is 4.67. The fourth-order valence-electron chi connectivity index (χ4n) is 3.66. The topological polar surface area (TPSA) is 47.4 Å². The van der Waals surface area contributed by atoms with Crippen molar-refractivity contribution in [1.29, 1.82) is 0 Å². The van der Waals surface area contributed by atoms with Crippen molar-refractivity contribution in [2.45, 2.75) is 46.3 Å². The summed E-state index contributed by atoms with van der Waals surface area (Å²) in [5, 5.41) is 0. The van der Waals surface area contributed by atoms with Crippen molar-refractivity contribution >= 4 is 29.1 Å². The number of fused-ring (bicyclic) bond motifs is 1. The Hall–Kier alpha value is -3.08. The molecule has 0 fully saturated rings. The molecule has 1 heterocycles. The Kier molecular flexibility index (Phi) is 6.37.